The molecule has 0 amide bonds. The van der Waals surface area contributed by atoms with Gasteiger partial charge in [0.2, 0.25) is 0 Å². The molecule has 3 aliphatic rings. The molecule has 3 rings (SSSR count). The Morgan fingerprint density at radius 1 is 1.17 bits per heavy atom. The van der Waals surface area contributed by atoms with Crippen LogP contribution in [0.3, 0.4) is 0 Å². The maximum Gasteiger partial charge on any atom is -0.0158 e. The van der Waals surface area contributed by atoms with Crippen LogP contribution in [-0.4, -0.2) is 0 Å². The summed E-state index contributed by atoms with van der Waals surface area (Å²) in [6, 6.07) is 0. The van der Waals surface area contributed by atoms with Crippen molar-refractivity contribution in [2.24, 2.45) is 17.8 Å². The third-order valence-corrected chi connectivity index (χ3v) is 3.61. The highest BCUT2D eigenvalue weighted by Gasteiger charge is 2.38. The van der Waals surface area contributed by atoms with Gasteiger partial charge in [-0.2, -0.15) is 0 Å². The van der Waals surface area contributed by atoms with Crippen molar-refractivity contribution < 1.29 is 0 Å². The van der Waals surface area contributed by atoms with E-state index in [0.29, 0.717) is 0 Å². The van der Waals surface area contributed by atoms with Crippen molar-refractivity contribution in [2.45, 2.75) is 32.6 Å². The Balaban J connectivity index is 1.91. The lowest BCUT2D eigenvalue weighted by atomic mass is 9.80. The van der Waals surface area contributed by atoms with Crippen LogP contribution in [0.5, 0.6) is 0 Å². The first-order chi connectivity index (χ1) is 5.83. The van der Waals surface area contributed by atoms with Crippen LogP contribution in [0.1, 0.15) is 32.6 Å². The van der Waals surface area contributed by atoms with E-state index in [-0.39, 0.29) is 0 Å². The topological polar surface area (TPSA) is 0 Å². The zero-order chi connectivity index (χ0) is 8.13. The molecule has 0 aromatic heterocycles. The maximum atomic E-state index is 2.57. The Labute approximate surface area is 74.4 Å². The van der Waals surface area contributed by atoms with E-state index < -0.39 is 0 Å². The van der Waals surface area contributed by atoms with Crippen molar-refractivity contribution in [3.63, 3.8) is 0 Å². The molecule has 3 atom stereocenters. The standard InChI is InChI=1S/C12H16/c1-8-2-3-9-5-11-7-12(11)6-10(9)4-8/h5-6,8,11-12H,2-4,7H2,1H3. The fourth-order valence-corrected chi connectivity index (χ4v) is 2.67. The smallest absolute Gasteiger partial charge is 0.0158 e. The summed E-state index contributed by atoms with van der Waals surface area (Å²) in [5.41, 5.74) is 3.40. The minimum atomic E-state index is 0.934. The molecule has 0 spiro atoms. The Kier molecular flexibility index (Phi) is 1.30. The molecule has 0 aromatic carbocycles. The lowest BCUT2D eigenvalue weighted by Crippen LogP contribution is -2.09. The first-order valence-electron chi connectivity index (χ1n) is 5.24. The number of hydrogen-bond acceptors (Lipinski definition) is 0. The molecule has 0 radical (unpaired) electrons. The summed E-state index contributed by atoms with van der Waals surface area (Å²) in [6.07, 6.45) is 10.7. The second kappa shape index (κ2) is 2.25. The van der Waals surface area contributed by atoms with Crippen LogP contribution < -0.4 is 0 Å². The third-order valence-electron chi connectivity index (χ3n) is 3.61. The lowest BCUT2D eigenvalue weighted by molar-refractivity contribution is 0.492. The highest BCUT2D eigenvalue weighted by atomic mass is 14.4. The largest absolute Gasteiger partial charge is 0.0773 e. The first-order valence-corrected chi connectivity index (χ1v) is 5.24. The summed E-state index contributed by atoms with van der Waals surface area (Å²) in [6.45, 7) is 2.39. The Morgan fingerprint density at radius 3 is 2.75 bits per heavy atom. The molecule has 0 heteroatoms. The van der Waals surface area contributed by atoms with Gasteiger partial charge in [0.1, 0.15) is 0 Å². The fourth-order valence-electron chi connectivity index (χ4n) is 2.67. The number of rotatable bonds is 0. The Hall–Kier alpha value is -0.520. The summed E-state index contributed by atoms with van der Waals surface area (Å²) in [4.78, 5) is 0. The average molecular weight is 160 g/mol. The van der Waals surface area contributed by atoms with Gasteiger partial charge in [-0.25, -0.2) is 0 Å². The van der Waals surface area contributed by atoms with E-state index in [0.717, 1.165) is 17.8 Å². The van der Waals surface area contributed by atoms with Crippen molar-refractivity contribution in [3.8, 4) is 0 Å². The van der Waals surface area contributed by atoms with Gasteiger partial charge in [-0.1, -0.05) is 19.1 Å². The van der Waals surface area contributed by atoms with Crippen molar-refractivity contribution in [3.05, 3.63) is 23.3 Å². The summed E-state index contributed by atoms with van der Waals surface area (Å²) < 4.78 is 0. The molecule has 0 aromatic rings. The summed E-state index contributed by atoms with van der Waals surface area (Å²) in [7, 11) is 0. The molecule has 3 aliphatic carbocycles. The van der Waals surface area contributed by atoms with Crippen molar-refractivity contribution >= 4 is 0 Å². The van der Waals surface area contributed by atoms with Gasteiger partial charge in [-0.15, -0.1) is 0 Å². The molecule has 0 N–H and O–H groups in total. The molecule has 0 bridgehead atoms. The van der Waals surface area contributed by atoms with Gasteiger partial charge in [-0.05, 0) is 54.6 Å². The molecule has 2 fully saturated rings. The predicted octanol–water partition coefficient (Wildman–Crippen LogP) is 3.31. The normalized spacial score (nSPS) is 43.9. The van der Waals surface area contributed by atoms with Crippen LogP contribution in [0, 0.1) is 17.8 Å². The average Bonchev–Trinajstić information content (AvgIpc) is 2.77. The maximum absolute atomic E-state index is 2.57. The van der Waals surface area contributed by atoms with Crippen LogP contribution in [0.25, 0.3) is 0 Å². The van der Waals surface area contributed by atoms with Gasteiger partial charge < -0.3 is 0 Å². The molecule has 2 saturated carbocycles. The molecule has 0 heterocycles. The number of hydrogen-bond donors (Lipinski definition) is 0. The highest BCUT2D eigenvalue weighted by molar-refractivity contribution is 5.40. The van der Waals surface area contributed by atoms with E-state index in [4.69, 9.17) is 0 Å². The van der Waals surface area contributed by atoms with E-state index in [1.165, 1.54) is 25.7 Å². The summed E-state index contributed by atoms with van der Waals surface area (Å²) in [5.74, 6) is 2.84. The molecule has 3 unspecified atom stereocenters. The molecular formula is C12H16. The van der Waals surface area contributed by atoms with Crippen molar-refractivity contribution in [2.75, 3.05) is 0 Å². The van der Waals surface area contributed by atoms with Gasteiger partial charge in [-0.3, -0.25) is 0 Å². The van der Waals surface area contributed by atoms with Crippen LogP contribution in [0.15, 0.2) is 23.3 Å². The number of fused-ring (bicyclic) bond motifs is 2. The predicted molar refractivity (Wildman–Crippen MR) is 50.8 cm³/mol. The van der Waals surface area contributed by atoms with Gasteiger partial charge in [0.25, 0.3) is 0 Å². The molecule has 64 valence electrons. The molecule has 0 aliphatic heterocycles. The lowest BCUT2D eigenvalue weighted by Gasteiger charge is -2.25. The van der Waals surface area contributed by atoms with Gasteiger partial charge in [0.15, 0.2) is 0 Å². The molecule has 0 nitrogen and oxygen atoms in total. The minimum absolute atomic E-state index is 0.934. The summed E-state index contributed by atoms with van der Waals surface area (Å²) >= 11 is 0. The van der Waals surface area contributed by atoms with Crippen LogP contribution in [0.4, 0.5) is 0 Å². The Morgan fingerprint density at radius 2 is 1.92 bits per heavy atom. The van der Waals surface area contributed by atoms with Crippen LogP contribution >= 0.6 is 0 Å². The number of allylic oxidation sites excluding steroid dienone is 4. The van der Waals surface area contributed by atoms with E-state index in [2.05, 4.69) is 19.1 Å². The second-order valence-corrected chi connectivity index (χ2v) is 4.80. The van der Waals surface area contributed by atoms with Crippen LogP contribution in [-0.2, 0) is 0 Å². The van der Waals surface area contributed by atoms with E-state index in [1.807, 2.05) is 0 Å². The van der Waals surface area contributed by atoms with Gasteiger partial charge in [0, 0.05) is 0 Å². The van der Waals surface area contributed by atoms with Crippen molar-refractivity contribution in [1.29, 1.82) is 0 Å². The molecule has 12 heavy (non-hydrogen) atoms. The van der Waals surface area contributed by atoms with E-state index in [9.17, 15) is 0 Å². The quantitative estimate of drug-likeness (QED) is 0.510. The van der Waals surface area contributed by atoms with E-state index >= 15 is 0 Å². The van der Waals surface area contributed by atoms with Crippen LogP contribution in [0.2, 0.25) is 0 Å². The monoisotopic (exact) mass is 160 g/mol. The molecular weight excluding hydrogens is 144 g/mol. The zero-order valence-electron chi connectivity index (χ0n) is 7.72. The highest BCUT2D eigenvalue weighted by Crippen LogP contribution is 2.49. The second-order valence-electron chi connectivity index (χ2n) is 4.80. The van der Waals surface area contributed by atoms with Crippen molar-refractivity contribution in [1.82, 2.24) is 0 Å². The fraction of sp³-hybridized carbons (Fsp3) is 0.667. The zero-order valence-corrected chi connectivity index (χ0v) is 7.72. The van der Waals surface area contributed by atoms with E-state index in [1.54, 1.807) is 11.1 Å². The van der Waals surface area contributed by atoms with Gasteiger partial charge >= 0.3 is 0 Å². The van der Waals surface area contributed by atoms with Gasteiger partial charge in [0.05, 0.1) is 0 Å². The SMILES string of the molecule is CC1CCC2=CC3CC3C=C2C1. The minimum Gasteiger partial charge on any atom is -0.0773 e. The first kappa shape index (κ1) is 6.94. The summed E-state index contributed by atoms with van der Waals surface area (Å²) in [5, 5.41) is 0. The third kappa shape index (κ3) is 0.972. The molecule has 0 saturated heterocycles. The Bertz CT molecular complexity index is 270.